The zero-order valence-corrected chi connectivity index (χ0v) is 13.6. The van der Waals surface area contributed by atoms with Gasteiger partial charge in [0.1, 0.15) is 4.88 Å². The quantitative estimate of drug-likeness (QED) is 0.704. The number of hydrogen-bond donors (Lipinski definition) is 1. The van der Waals surface area contributed by atoms with Gasteiger partial charge in [-0.3, -0.25) is 4.79 Å². The molecular weight excluding hydrogens is 356 g/mol. The molecule has 3 aromatic rings. The Morgan fingerprint density at radius 2 is 1.62 bits per heavy atom. The van der Waals surface area contributed by atoms with E-state index in [4.69, 9.17) is 11.6 Å². The molecule has 0 atom stereocenters. The van der Waals surface area contributed by atoms with E-state index >= 15 is 0 Å². The van der Waals surface area contributed by atoms with Crippen molar-refractivity contribution in [2.24, 2.45) is 0 Å². The van der Waals surface area contributed by atoms with Gasteiger partial charge in [-0.2, -0.15) is 0 Å². The first-order chi connectivity index (χ1) is 11.5. The maximum absolute atomic E-state index is 12.7. The van der Waals surface area contributed by atoms with Crippen molar-refractivity contribution in [1.29, 1.82) is 0 Å². The van der Waals surface area contributed by atoms with E-state index in [-0.39, 0.29) is 4.88 Å². The van der Waals surface area contributed by atoms with E-state index in [1.165, 1.54) is 0 Å². The van der Waals surface area contributed by atoms with E-state index < -0.39 is 18.0 Å². The largest absolute Gasteiger partial charge is 0.321 e. The molecule has 1 aromatic heterocycles. The van der Waals surface area contributed by atoms with Gasteiger partial charge in [0, 0.05) is 10.7 Å². The van der Waals surface area contributed by atoms with Crippen molar-refractivity contribution in [2.45, 2.75) is 6.43 Å². The predicted octanol–water partition coefficient (Wildman–Crippen LogP) is 5.05. The standard InChI is InChI=1S/C16H10ClF2N3OS/c17-11-5-1-9(2-6-11)10-3-7-12(8-4-10)20-16(23)14-13(15(18)19)21-22-24-14/h1-8,15H,(H,20,23). The number of halogens is 3. The summed E-state index contributed by atoms with van der Waals surface area (Å²) < 4.78 is 28.9. The summed E-state index contributed by atoms with van der Waals surface area (Å²) in [4.78, 5) is 11.9. The highest BCUT2D eigenvalue weighted by molar-refractivity contribution is 7.08. The number of alkyl halides is 2. The topological polar surface area (TPSA) is 54.9 Å². The molecule has 122 valence electrons. The molecule has 24 heavy (non-hydrogen) atoms. The Hall–Kier alpha value is -2.38. The van der Waals surface area contributed by atoms with E-state index in [2.05, 4.69) is 14.9 Å². The number of benzene rings is 2. The van der Waals surface area contributed by atoms with E-state index in [0.29, 0.717) is 22.2 Å². The molecule has 8 heteroatoms. The maximum atomic E-state index is 12.7. The summed E-state index contributed by atoms with van der Waals surface area (Å²) in [5.41, 5.74) is 1.81. The zero-order valence-electron chi connectivity index (χ0n) is 12.0. The molecule has 0 aliphatic rings. The molecule has 3 rings (SSSR count). The van der Waals surface area contributed by atoms with Crippen molar-refractivity contribution in [3.63, 3.8) is 0 Å². The SMILES string of the molecule is O=C(Nc1ccc(-c2ccc(Cl)cc2)cc1)c1snnc1C(F)F. The second kappa shape index (κ2) is 7.02. The molecule has 0 aliphatic heterocycles. The van der Waals surface area contributed by atoms with Gasteiger partial charge in [0.2, 0.25) is 0 Å². The second-order valence-corrected chi connectivity index (χ2v) is 6.02. The van der Waals surface area contributed by atoms with Gasteiger partial charge in [-0.15, -0.1) is 5.10 Å². The highest BCUT2D eigenvalue weighted by atomic mass is 35.5. The van der Waals surface area contributed by atoms with Crippen LogP contribution in [-0.2, 0) is 0 Å². The smallest absolute Gasteiger partial charge is 0.283 e. The summed E-state index contributed by atoms with van der Waals surface area (Å²) in [7, 11) is 0. The minimum Gasteiger partial charge on any atom is -0.321 e. The lowest BCUT2D eigenvalue weighted by atomic mass is 10.1. The summed E-state index contributed by atoms with van der Waals surface area (Å²) >= 11 is 6.50. The number of aromatic nitrogens is 2. The van der Waals surface area contributed by atoms with Crippen LogP contribution in [0.3, 0.4) is 0 Å². The van der Waals surface area contributed by atoms with Gasteiger partial charge < -0.3 is 5.32 Å². The number of hydrogen-bond acceptors (Lipinski definition) is 4. The molecule has 1 amide bonds. The molecule has 4 nitrogen and oxygen atoms in total. The molecule has 0 aliphatic carbocycles. The Balaban J connectivity index is 1.75. The van der Waals surface area contributed by atoms with Crippen LogP contribution in [0.2, 0.25) is 5.02 Å². The molecule has 0 bridgehead atoms. The molecule has 0 spiro atoms. The molecule has 2 aromatic carbocycles. The van der Waals surface area contributed by atoms with E-state index in [0.717, 1.165) is 11.1 Å². The third-order valence-corrected chi connectivity index (χ3v) is 4.24. The number of nitrogens with one attached hydrogen (secondary N) is 1. The lowest BCUT2D eigenvalue weighted by molar-refractivity contribution is 0.101. The summed E-state index contributed by atoms with van der Waals surface area (Å²) in [5.74, 6) is -0.653. The highest BCUT2D eigenvalue weighted by Gasteiger charge is 2.23. The number of anilines is 1. The Kier molecular flexibility index (Phi) is 4.82. The fourth-order valence-electron chi connectivity index (χ4n) is 2.07. The van der Waals surface area contributed by atoms with Gasteiger partial charge >= 0.3 is 0 Å². The highest BCUT2D eigenvalue weighted by Crippen LogP contribution is 2.25. The Morgan fingerprint density at radius 1 is 1.04 bits per heavy atom. The Labute approximate surface area is 145 Å². The molecule has 1 heterocycles. The van der Waals surface area contributed by atoms with Crippen LogP contribution in [0.4, 0.5) is 14.5 Å². The van der Waals surface area contributed by atoms with Crippen LogP contribution >= 0.6 is 23.1 Å². The minimum absolute atomic E-state index is 0.188. The number of amides is 1. The van der Waals surface area contributed by atoms with Crippen LogP contribution < -0.4 is 5.32 Å². The maximum Gasteiger partial charge on any atom is 0.283 e. The Morgan fingerprint density at radius 3 is 2.21 bits per heavy atom. The van der Waals surface area contributed by atoms with Crippen molar-refractivity contribution in [1.82, 2.24) is 9.59 Å². The number of nitrogens with zero attached hydrogens (tertiary/aromatic N) is 2. The van der Waals surface area contributed by atoms with Gasteiger partial charge in [0.15, 0.2) is 5.69 Å². The Bertz CT molecular complexity index is 851. The first-order valence-electron chi connectivity index (χ1n) is 6.82. The zero-order chi connectivity index (χ0) is 17.1. The molecule has 0 radical (unpaired) electrons. The third kappa shape index (κ3) is 3.58. The van der Waals surface area contributed by atoms with Crippen molar-refractivity contribution >= 4 is 34.7 Å². The average molecular weight is 366 g/mol. The van der Waals surface area contributed by atoms with Crippen molar-refractivity contribution < 1.29 is 13.6 Å². The molecule has 0 saturated heterocycles. The summed E-state index contributed by atoms with van der Waals surface area (Å²) in [6.45, 7) is 0. The summed E-state index contributed by atoms with van der Waals surface area (Å²) in [6, 6.07) is 14.4. The number of carbonyl (C=O) groups excluding carboxylic acids is 1. The number of carbonyl (C=O) groups is 1. The molecule has 0 saturated carbocycles. The van der Waals surface area contributed by atoms with Crippen LogP contribution in [-0.4, -0.2) is 15.5 Å². The number of rotatable bonds is 4. The van der Waals surface area contributed by atoms with Crippen LogP contribution in [0.25, 0.3) is 11.1 Å². The summed E-state index contributed by atoms with van der Waals surface area (Å²) in [6.07, 6.45) is -2.84. The van der Waals surface area contributed by atoms with Crippen molar-refractivity contribution in [3.8, 4) is 11.1 Å². The molecule has 0 fully saturated rings. The van der Waals surface area contributed by atoms with Crippen molar-refractivity contribution in [3.05, 3.63) is 64.1 Å². The van der Waals surface area contributed by atoms with E-state index in [9.17, 15) is 13.6 Å². The van der Waals surface area contributed by atoms with E-state index in [1.54, 1.807) is 24.3 Å². The normalized spacial score (nSPS) is 10.8. The van der Waals surface area contributed by atoms with Gasteiger partial charge in [-0.05, 0) is 46.9 Å². The first-order valence-corrected chi connectivity index (χ1v) is 7.97. The monoisotopic (exact) mass is 365 g/mol. The van der Waals surface area contributed by atoms with Gasteiger partial charge in [-0.1, -0.05) is 40.4 Å². The second-order valence-electron chi connectivity index (χ2n) is 4.83. The van der Waals surface area contributed by atoms with Crippen LogP contribution in [0, 0.1) is 0 Å². The van der Waals surface area contributed by atoms with Crippen LogP contribution in [0.1, 0.15) is 21.8 Å². The predicted molar refractivity (Wildman–Crippen MR) is 89.7 cm³/mol. The van der Waals surface area contributed by atoms with Gasteiger partial charge in [0.05, 0.1) is 0 Å². The third-order valence-electron chi connectivity index (χ3n) is 3.25. The molecule has 0 unspecified atom stereocenters. The van der Waals surface area contributed by atoms with Gasteiger partial charge in [-0.25, -0.2) is 8.78 Å². The molecule has 1 N–H and O–H groups in total. The minimum atomic E-state index is -2.84. The van der Waals surface area contributed by atoms with Crippen molar-refractivity contribution in [2.75, 3.05) is 5.32 Å². The van der Waals surface area contributed by atoms with E-state index in [1.807, 2.05) is 24.3 Å². The lowest BCUT2D eigenvalue weighted by Crippen LogP contribution is -2.12. The average Bonchev–Trinajstić information content (AvgIpc) is 3.06. The molecular formula is C16H10ClF2N3OS. The van der Waals surface area contributed by atoms with Gasteiger partial charge in [0.25, 0.3) is 12.3 Å². The fraction of sp³-hybridized carbons (Fsp3) is 0.0625. The fourth-order valence-corrected chi connectivity index (χ4v) is 2.77. The first kappa shape index (κ1) is 16.5. The van der Waals surface area contributed by atoms with Crippen LogP contribution in [0.15, 0.2) is 48.5 Å². The van der Waals surface area contributed by atoms with Crippen LogP contribution in [0.5, 0.6) is 0 Å². The lowest BCUT2D eigenvalue weighted by Gasteiger charge is -2.06. The summed E-state index contributed by atoms with van der Waals surface area (Å²) in [5, 5.41) is 6.50.